The zero-order valence-electron chi connectivity index (χ0n) is 5.77. The summed E-state index contributed by atoms with van der Waals surface area (Å²) in [6.07, 6.45) is -1.55. The largest absolute Gasteiger partial charge is 0.394 e. The van der Waals surface area contributed by atoms with Crippen molar-refractivity contribution in [2.75, 3.05) is 0 Å². The van der Waals surface area contributed by atoms with E-state index in [0.29, 0.717) is 0 Å². The third-order valence-electron chi connectivity index (χ3n) is 0.997. The maximum Gasteiger partial charge on any atom is 0.394 e. The summed E-state index contributed by atoms with van der Waals surface area (Å²) >= 11 is 0. The Morgan fingerprint density at radius 1 is 1.30 bits per heavy atom. The van der Waals surface area contributed by atoms with Crippen LogP contribution in [0.15, 0.2) is 12.2 Å². The van der Waals surface area contributed by atoms with E-state index in [9.17, 15) is 13.2 Å². The average Bonchev–Trinajstić information content (AvgIpc) is 1.64. The first-order chi connectivity index (χ1) is 3.98. The minimum atomic E-state index is -4.08. The number of alkyl halides is 3. The molecule has 0 nitrogen and oxygen atoms in total. The molecule has 0 bridgehead atoms. The molecule has 1 unspecified atom stereocenters. The smallest absolute Gasteiger partial charge is 0.269 e. The summed E-state index contributed by atoms with van der Waals surface area (Å²) < 4.78 is 34.8. The molecule has 0 saturated heterocycles. The zero-order chi connectivity index (χ0) is 7.49. The van der Waals surface area contributed by atoms with Crippen LogP contribution >= 0.6 is 0 Å². The van der Waals surface area contributed by atoms with Crippen LogP contribution in [0, 0.1) is 5.92 Å². The Balaban J connectivity index is 0. The molecule has 0 N–H and O–H groups in total. The Morgan fingerprint density at radius 2 is 1.70 bits per heavy atom. The highest BCUT2D eigenvalue weighted by atomic mass is 19.4. The highest BCUT2D eigenvalue weighted by molar-refractivity contribution is 4.86. The lowest BCUT2D eigenvalue weighted by atomic mass is 10.1. The van der Waals surface area contributed by atoms with Crippen molar-refractivity contribution in [1.82, 2.24) is 0 Å². The van der Waals surface area contributed by atoms with Gasteiger partial charge in [-0.1, -0.05) is 19.1 Å². The van der Waals surface area contributed by atoms with E-state index in [1.807, 2.05) is 0 Å². The molecule has 0 saturated carbocycles. The summed E-state index contributed by atoms with van der Waals surface area (Å²) in [5.74, 6) is -1.32. The highest BCUT2D eigenvalue weighted by Gasteiger charge is 2.33. The molecule has 0 amide bonds. The minimum Gasteiger partial charge on any atom is -0.269 e. The van der Waals surface area contributed by atoms with Gasteiger partial charge in [-0.3, -0.25) is 4.70 Å². The Morgan fingerprint density at radius 3 is 1.80 bits per heavy atom. The van der Waals surface area contributed by atoms with E-state index in [2.05, 4.69) is 0 Å². The first-order valence-electron chi connectivity index (χ1n) is 2.68. The molecule has 0 aromatic carbocycles. The van der Waals surface area contributed by atoms with Gasteiger partial charge in [0.15, 0.2) is 0 Å². The fraction of sp³-hybridized carbons (Fsp3) is 0.667. The Bertz CT molecular complexity index is 103. The van der Waals surface area contributed by atoms with E-state index < -0.39 is 12.1 Å². The van der Waals surface area contributed by atoms with Crippen LogP contribution in [0.5, 0.6) is 0 Å². The lowest BCUT2D eigenvalue weighted by Crippen LogP contribution is -2.17. The molecule has 1 atom stereocenters. The van der Waals surface area contributed by atoms with Gasteiger partial charge in [0, 0.05) is 0 Å². The van der Waals surface area contributed by atoms with Crippen LogP contribution in [-0.4, -0.2) is 6.18 Å². The number of rotatable bonds is 1. The molecule has 4 heteroatoms. The van der Waals surface area contributed by atoms with Crippen LogP contribution in [0.2, 0.25) is 0 Å². The van der Waals surface area contributed by atoms with Gasteiger partial charge in [-0.25, -0.2) is 0 Å². The van der Waals surface area contributed by atoms with Gasteiger partial charge >= 0.3 is 6.18 Å². The van der Waals surface area contributed by atoms with Crippen molar-refractivity contribution in [3.05, 3.63) is 12.2 Å². The molecule has 0 fully saturated rings. The maximum absolute atomic E-state index is 11.6. The van der Waals surface area contributed by atoms with E-state index in [1.165, 1.54) is 6.08 Å². The van der Waals surface area contributed by atoms with Crippen molar-refractivity contribution in [3.63, 3.8) is 0 Å². The van der Waals surface area contributed by atoms with Gasteiger partial charge < -0.3 is 0 Å². The minimum absolute atomic E-state index is 0. The predicted octanol–water partition coefficient (Wildman–Crippen LogP) is 2.91. The van der Waals surface area contributed by atoms with Gasteiger partial charge in [0.25, 0.3) is 0 Å². The second kappa shape index (κ2) is 4.30. The standard InChI is InChI=1S/C6H9F3.FH/c1-3-4-5(2)6(7,8)9;/h3-5H,1-2H3;1H. The fourth-order valence-electron chi connectivity index (χ4n) is 0.398. The van der Waals surface area contributed by atoms with Crippen LogP contribution in [-0.2, 0) is 0 Å². The predicted molar refractivity (Wildman–Crippen MR) is 32.5 cm³/mol. The zero-order valence-corrected chi connectivity index (χ0v) is 5.77. The molecule has 0 rings (SSSR count). The molecule has 0 aromatic heterocycles. The van der Waals surface area contributed by atoms with Crippen molar-refractivity contribution >= 4 is 0 Å². The third kappa shape index (κ3) is 4.35. The van der Waals surface area contributed by atoms with Gasteiger partial charge in [0.05, 0.1) is 5.92 Å². The van der Waals surface area contributed by atoms with Crippen molar-refractivity contribution < 1.29 is 17.9 Å². The Hall–Kier alpha value is -0.540. The highest BCUT2D eigenvalue weighted by Crippen LogP contribution is 2.26. The number of hydrogen-bond donors (Lipinski definition) is 0. The van der Waals surface area contributed by atoms with Gasteiger partial charge in [-0.15, -0.1) is 0 Å². The van der Waals surface area contributed by atoms with Gasteiger partial charge in [-0.05, 0) is 6.92 Å². The van der Waals surface area contributed by atoms with E-state index in [4.69, 9.17) is 0 Å². The Kier molecular flexibility index (Phi) is 5.24. The topological polar surface area (TPSA) is 0 Å². The van der Waals surface area contributed by atoms with Crippen LogP contribution in [0.1, 0.15) is 13.8 Å². The molecule has 0 aromatic rings. The normalized spacial score (nSPS) is 14.9. The summed E-state index contributed by atoms with van der Waals surface area (Å²) in [6, 6.07) is 0. The lowest BCUT2D eigenvalue weighted by molar-refractivity contribution is -0.156. The van der Waals surface area contributed by atoms with Crippen molar-refractivity contribution in [1.29, 1.82) is 0 Å². The molecule has 0 radical (unpaired) electrons. The molecular weight excluding hydrogens is 148 g/mol. The number of halogens is 4. The van der Waals surface area contributed by atoms with Gasteiger partial charge in [0.2, 0.25) is 0 Å². The first kappa shape index (κ1) is 12.2. The summed E-state index contributed by atoms with van der Waals surface area (Å²) in [5, 5.41) is 0. The molecule has 0 spiro atoms. The molecule has 10 heavy (non-hydrogen) atoms. The molecular formula is C6H10F4. The monoisotopic (exact) mass is 158 g/mol. The van der Waals surface area contributed by atoms with Crippen LogP contribution in [0.3, 0.4) is 0 Å². The molecule has 0 aliphatic heterocycles. The Labute approximate surface area is 57.1 Å². The van der Waals surface area contributed by atoms with Crippen LogP contribution in [0.25, 0.3) is 0 Å². The second-order valence-corrected chi connectivity index (χ2v) is 1.86. The molecule has 0 heterocycles. The summed E-state index contributed by atoms with van der Waals surface area (Å²) in [7, 11) is 0. The SMILES string of the molecule is CC=CC(C)C(F)(F)F.F. The number of hydrogen-bond acceptors (Lipinski definition) is 0. The molecule has 0 aliphatic rings. The van der Waals surface area contributed by atoms with Gasteiger partial charge in [-0.2, -0.15) is 13.2 Å². The third-order valence-corrected chi connectivity index (χ3v) is 0.997. The van der Waals surface area contributed by atoms with E-state index in [0.717, 1.165) is 13.0 Å². The average molecular weight is 158 g/mol. The van der Waals surface area contributed by atoms with Crippen LogP contribution < -0.4 is 0 Å². The first-order valence-corrected chi connectivity index (χ1v) is 2.68. The van der Waals surface area contributed by atoms with Crippen LogP contribution in [0.4, 0.5) is 17.9 Å². The van der Waals surface area contributed by atoms with Gasteiger partial charge in [0.1, 0.15) is 0 Å². The van der Waals surface area contributed by atoms with Crippen molar-refractivity contribution in [2.45, 2.75) is 20.0 Å². The summed E-state index contributed by atoms with van der Waals surface area (Å²) in [4.78, 5) is 0. The summed E-state index contributed by atoms with van der Waals surface area (Å²) in [6.45, 7) is 2.70. The lowest BCUT2D eigenvalue weighted by Gasteiger charge is -2.09. The van der Waals surface area contributed by atoms with E-state index >= 15 is 0 Å². The number of allylic oxidation sites excluding steroid dienone is 2. The maximum atomic E-state index is 11.6. The second-order valence-electron chi connectivity index (χ2n) is 1.86. The molecule has 62 valence electrons. The summed E-state index contributed by atoms with van der Waals surface area (Å²) in [5.41, 5.74) is 0. The fourth-order valence-corrected chi connectivity index (χ4v) is 0.398. The quantitative estimate of drug-likeness (QED) is 0.406. The van der Waals surface area contributed by atoms with Crippen molar-refractivity contribution in [3.8, 4) is 0 Å². The van der Waals surface area contributed by atoms with E-state index in [1.54, 1.807) is 6.92 Å². The molecule has 0 aliphatic carbocycles. The van der Waals surface area contributed by atoms with Crippen molar-refractivity contribution in [2.24, 2.45) is 5.92 Å². The van der Waals surface area contributed by atoms with E-state index in [-0.39, 0.29) is 4.70 Å².